The van der Waals surface area contributed by atoms with Gasteiger partial charge in [-0.1, -0.05) is 0 Å². The molecule has 0 saturated heterocycles. The second-order valence-electron chi connectivity index (χ2n) is 3.17. The van der Waals surface area contributed by atoms with E-state index in [1.165, 1.54) is 0 Å². The Labute approximate surface area is 79.5 Å². The second-order valence-corrected chi connectivity index (χ2v) is 3.17. The van der Waals surface area contributed by atoms with Crippen molar-refractivity contribution in [3.8, 4) is 0 Å². The zero-order valence-corrected chi connectivity index (χ0v) is 7.63. The molecular formula is C8H10N4O2. The van der Waals surface area contributed by atoms with Crippen molar-refractivity contribution in [2.45, 2.75) is 19.5 Å². The fraction of sp³-hybridized carbons (Fsp3) is 0.375. The summed E-state index contributed by atoms with van der Waals surface area (Å²) in [6.07, 6.45) is 0. The van der Waals surface area contributed by atoms with Crippen LogP contribution in [-0.2, 0) is 6.54 Å². The number of hydrogen-bond donors (Lipinski definition) is 3. The minimum absolute atomic E-state index is 0.106. The molecule has 0 bridgehead atoms. The van der Waals surface area contributed by atoms with Gasteiger partial charge < -0.3 is 16.0 Å². The molecule has 1 aromatic heterocycles. The number of hydrogen-bond acceptors (Lipinski definition) is 4. The summed E-state index contributed by atoms with van der Waals surface area (Å²) in [6.45, 7) is 1.93. The number of nitrogens with two attached hydrogens (primary N) is 1. The number of amides is 1. The summed E-state index contributed by atoms with van der Waals surface area (Å²) in [7, 11) is 0. The molecule has 14 heavy (non-hydrogen) atoms. The average molecular weight is 194 g/mol. The van der Waals surface area contributed by atoms with Crippen molar-refractivity contribution < 1.29 is 4.79 Å². The van der Waals surface area contributed by atoms with Crippen molar-refractivity contribution in [2.75, 3.05) is 0 Å². The smallest absolute Gasteiger partial charge is 0.264 e. The van der Waals surface area contributed by atoms with Gasteiger partial charge in [0.15, 0.2) is 0 Å². The number of aromatic amines is 1. The van der Waals surface area contributed by atoms with Gasteiger partial charge in [-0.05, 0) is 6.92 Å². The molecule has 1 atom stereocenters. The van der Waals surface area contributed by atoms with E-state index in [1.54, 1.807) is 6.92 Å². The van der Waals surface area contributed by atoms with Gasteiger partial charge in [-0.15, -0.1) is 0 Å². The molecule has 1 aliphatic rings. The van der Waals surface area contributed by atoms with E-state index < -0.39 is 5.56 Å². The Balaban J connectivity index is 2.69. The lowest BCUT2D eigenvalue weighted by Gasteiger charge is -2.03. The van der Waals surface area contributed by atoms with Gasteiger partial charge in [-0.2, -0.15) is 0 Å². The molecule has 1 unspecified atom stereocenters. The van der Waals surface area contributed by atoms with Crippen molar-refractivity contribution in [3.63, 3.8) is 0 Å². The van der Waals surface area contributed by atoms with Crippen LogP contribution < -0.4 is 16.6 Å². The third kappa shape index (κ3) is 1.12. The topological polar surface area (TPSA) is 101 Å². The lowest BCUT2D eigenvalue weighted by molar-refractivity contribution is 0.0957. The van der Waals surface area contributed by atoms with Crippen LogP contribution in [0.3, 0.4) is 0 Å². The van der Waals surface area contributed by atoms with E-state index in [0.717, 1.165) is 0 Å². The van der Waals surface area contributed by atoms with E-state index in [1.807, 2.05) is 0 Å². The average Bonchev–Trinajstić information content (AvgIpc) is 2.42. The van der Waals surface area contributed by atoms with Gasteiger partial charge in [-0.25, -0.2) is 4.98 Å². The molecule has 1 aliphatic heterocycles. The Kier molecular flexibility index (Phi) is 1.85. The van der Waals surface area contributed by atoms with E-state index in [0.29, 0.717) is 11.5 Å². The van der Waals surface area contributed by atoms with Gasteiger partial charge in [0.05, 0.1) is 18.3 Å². The number of nitrogens with zero attached hydrogens (tertiary/aromatic N) is 1. The first-order chi connectivity index (χ1) is 6.63. The Morgan fingerprint density at radius 1 is 1.50 bits per heavy atom. The molecule has 0 aliphatic carbocycles. The van der Waals surface area contributed by atoms with Crippen LogP contribution in [0.2, 0.25) is 0 Å². The summed E-state index contributed by atoms with van der Waals surface area (Å²) >= 11 is 0. The van der Waals surface area contributed by atoms with E-state index in [2.05, 4.69) is 15.3 Å². The molecule has 0 fully saturated rings. The third-order valence-corrected chi connectivity index (χ3v) is 2.17. The van der Waals surface area contributed by atoms with Crippen LogP contribution in [0.15, 0.2) is 4.79 Å². The third-order valence-electron chi connectivity index (χ3n) is 2.17. The SMILES string of the molecule is CC1NC(=O)c2c1nc(CN)[nH]c2=O. The molecule has 0 aromatic carbocycles. The molecule has 4 N–H and O–H groups in total. The Morgan fingerprint density at radius 3 is 2.86 bits per heavy atom. The number of aromatic nitrogens is 2. The van der Waals surface area contributed by atoms with Gasteiger partial charge in [0.25, 0.3) is 11.5 Å². The number of carbonyl (C=O) groups is 1. The first-order valence-corrected chi connectivity index (χ1v) is 4.27. The van der Waals surface area contributed by atoms with Crippen LogP contribution in [0.1, 0.15) is 34.8 Å². The lowest BCUT2D eigenvalue weighted by atomic mass is 10.2. The molecule has 0 radical (unpaired) electrons. The number of H-pyrrole nitrogens is 1. The van der Waals surface area contributed by atoms with E-state index in [4.69, 9.17) is 5.73 Å². The molecule has 2 heterocycles. The van der Waals surface area contributed by atoms with Crippen molar-refractivity contribution in [2.24, 2.45) is 5.73 Å². The van der Waals surface area contributed by atoms with Gasteiger partial charge in [0, 0.05) is 0 Å². The molecule has 1 aromatic rings. The molecule has 0 saturated carbocycles. The van der Waals surface area contributed by atoms with E-state index in [-0.39, 0.29) is 24.1 Å². The minimum Gasteiger partial charge on any atom is -0.344 e. The summed E-state index contributed by atoms with van der Waals surface area (Å²) in [5.74, 6) is 0.0296. The summed E-state index contributed by atoms with van der Waals surface area (Å²) in [6, 6.07) is -0.218. The highest BCUT2D eigenvalue weighted by Gasteiger charge is 2.30. The number of fused-ring (bicyclic) bond motifs is 1. The molecule has 1 amide bonds. The summed E-state index contributed by atoms with van der Waals surface area (Å²) in [4.78, 5) is 29.3. The molecule has 6 heteroatoms. The second kappa shape index (κ2) is 2.91. The lowest BCUT2D eigenvalue weighted by Crippen LogP contribution is -2.23. The van der Waals surface area contributed by atoms with E-state index in [9.17, 15) is 9.59 Å². The van der Waals surface area contributed by atoms with Crippen LogP contribution >= 0.6 is 0 Å². The number of rotatable bonds is 1. The summed E-state index contributed by atoms with van der Waals surface area (Å²) < 4.78 is 0. The molecule has 2 rings (SSSR count). The minimum atomic E-state index is -0.419. The molecular weight excluding hydrogens is 184 g/mol. The highest BCUT2D eigenvalue weighted by molar-refractivity contribution is 5.98. The Hall–Kier alpha value is -1.69. The maximum atomic E-state index is 11.4. The molecule has 74 valence electrons. The maximum absolute atomic E-state index is 11.4. The largest absolute Gasteiger partial charge is 0.344 e. The normalized spacial score (nSPS) is 19.3. The molecule has 6 nitrogen and oxygen atoms in total. The van der Waals surface area contributed by atoms with Crippen LogP contribution in [0.4, 0.5) is 0 Å². The molecule has 0 spiro atoms. The predicted octanol–water partition coefficient (Wildman–Crippen LogP) is -0.967. The first-order valence-electron chi connectivity index (χ1n) is 4.27. The monoisotopic (exact) mass is 194 g/mol. The van der Waals surface area contributed by atoms with Gasteiger partial charge in [0.2, 0.25) is 0 Å². The van der Waals surface area contributed by atoms with Gasteiger partial charge >= 0.3 is 0 Å². The van der Waals surface area contributed by atoms with Crippen molar-refractivity contribution in [1.82, 2.24) is 15.3 Å². The summed E-state index contributed by atoms with van der Waals surface area (Å²) in [5, 5.41) is 2.61. The van der Waals surface area contributed by atoms with Crippen LogP contribution in [0, 0.1) is 0 Å². The van der Waals surface area contributed by atoms with Crippen LogP contribution in [0.25, 0.3) is 0 Å². The quantitative estimate of drug-likeness (QED) is 0.535. The van der Waals surface area contributed by atoms with Crippen molar-refractivity contribution in [1.29, 1.82) is 0 Å². The standard InChI is InChI=1S/C8H10N4O2/c1-3-6-5(7(13)10-3)8(14)12-4(2-9)11-6/h3H,2,9H2,1H3,(H,10,13)(H,11,12,14). The Morgan fingerprint density at radius 2 is 2.21 bits per heavy atom. The Bertz CT molecular complexity index is 451. The van der Waals surface area contributed by atoms with Gasteiger partial charge in [0.1, 0.15) is 11.4 Å². The van der Waals surface area contributed by atoms with Crippen LogP contribution in [-0.4, -0.2) is 15.9 Å². The van der Waals surface area contributed by atoms with E-state index >= 15 is 0 Å². The van der Waals surface area contributed by atoms with Crippen molar-refractivity contribution in [3.05, 3.63) is 27.4 Å². The predicted molar refractivity (Wildman–Crippen MR) is 48.6 cm³/mol. The maximum Gasteiger partial charge on any atom is 0.264 e. The zero-order chi connectivity index (χ0) is 10.3. The number of carbonyl (C=O) groups excluding carboxylic acids is 1. The van der Waals surface area contributed by atoms with Gasteiger partial charge in [-0.3, -0.25) is 9.59 Å². The fourth-order valence-corrected chi connectivity index (χ4v) is 1.51. The highest BCUT2D eigenvalue weighted by atomic mass is 16.2. The summed E-state index contributed by atoms with van der Waals surface area (Å²) in [5.41, 5.74) is 5.53. The first kappa shape index (κ1) is 8.89. The highest BCUT2D eigenvalue weighted by Crippen LogP contribution is 2.18. The fourth-order valence-electron chi connectivity index (χ4n) is 1.51. The number of nitrogens with one attached hydrogen (secondary N) is 2. The van der Waals surface area contributed by atoms with Crippen molar-refractivity contribution >= 4 is 5.91 Å². The van der Waals surface area contributed by atoms with Crippen LogP contribution in [0.5, 0.6) is 0 Å². The zero-order valence-electron chi connectivity index (χ0n) is 7.63.